The zero-order valence-electron chi connectivity index (χ0n) is 6.72. The lowest BCUT2D eigenvalue weighted by Crippen LogP contribution is -2.02. The summed E-state index contributed by atoms with van der Waals surface area (Å²) in [6, 6.07) is 0. The van der Waals surface area contributed by atoms with Crippen LogP contribution in [0.15, 0.2) is 23.2 Å². The van der Waals surface area contributed by atoms with E-state index in [-0.39, 0.29) is 18.1 Å². The number of hydrogen-bond acceptors (Lipinski definition) is 3. The number of nitrogens with zero attached hydrogens (tertiary/aromatic N) is 3. The Morgan fingerprint density at radius 1 is 1.43 bits per heavy atom. The minimum Gasteiger partial charge on any atom is -0.476 e. The van der Waals surface area contributed by atoms with Gasteiger partial charge >= 0.3 is 5.97 Å². The van der Waals surface area contributed by atoms with Crippen molar-refractivity contribution >= 4 is 40.0 Å². The Bertz CT molecular complexity index is 485. The zero-order chi connectivity index (χ0) is 9.42. The van der Waals surface area contributed by atoms with Gasteiger partial charge in [-0.25, -0.2) is 14.8 Å². The third-order valence-electron chi connectivity index (χ3n) is 1.57. The molecule has 0 aromatic carbocycles. The summed E-state index contributed by atoms with van der Waals surface area (Å²) in [5.74, 6) is -1.05. The number of carbonyl (C=O) groups is 1. The van der Waals surface area contributed by atoms with E-state index in [1.54, 1.807) is 10.6 Å². The van der Waals surface area contributed by atoms with E-state index >= 15 is 0 Å². The van der Waals surface area contributed by atoms with E-state index in [9.17, 15) is 4.79 Å². The SMILES string of the molecule is Cl.O=C(O)c1cn2c(Br)cnc2cn1. The smallest absolute Gasteiger partial charge is 0.356 e. The Morgan fingerprint density at radius 2 is 2.14 bits per heavy atom. The molecule has 0 aliphatic heterocycles. The van der Waals surface area contributed by atoms with E-state index in [1.807, 2.05) is 0 Å². The maximum atomic E-state index is 10.6. The predicted molar refractivity (Wildman–Crippen MR) is 54.9 cm³/mol. The van der Waals surface area contributed by atoms with Crippen molar-refractivity contribution in [3.8, 4) is 0 Å². The van der Waals surface area contributed by atoms with Gasteiger partial charge in [0.15, 0.2) is 11.3 Å². The van der Waals surface area contributed by atoms with Crippen LogP contribution in [0.2, 0.25) is 0 Å². The highest BCUT2D eigenvalue weighted by atomic mass is 79.9. The van der Waals surface area contributed by atoms with Gasteiger partial charge in [0.2, 0.25) is 0 Å². The highest BCUT2D eigenvalue weighted by Gasteiger charge is 2.07. The number of aromatic carboxylic acids is 1. The van der Waals surface area contributed by atoms with Gasteiger partial charge in [0.1, 0.15) is 4.60 Å². The second-order valence-electron chi connectivity index (χ2n) is 2.39. The summed E-state index contributed by atoms with van der Waals surface area (Å²) in [6.45, 7) is 0. The van der Waals surface area contributed by atoms with Gasteiger partial charge in [0.05, 0.1) is 12.4 Å². The number of carboxylic acid groups (broad SMARTS) is 1. The lowest BCUT2D eigenvalue weighted by atomic mass is 10.4. The first-order valence-electron chi connectivity index (χ1n) is 3.40. The van der Waals surface area contributed by atoms with Gasteiger partial charge in [-0.3, -0.25) is 4.40 Å². The lowest BCUT2D eigenvalue weighted by Gasteiger charge is -1.96. The number of rotatable bonds is 1. The normalized spacial score (nSPS) is 9.79. The lowest BCUT2D eigenvalue weighted by molar-refractivity contribution is 0.0690. The van der Waals surface area contributed by atoms with Gasteiger partial charge < -0.3 is 5.11 Å². The van der Waals surface area contributed by atoms with E-state index in [1.165, 1.54) is 12.4 Å². The van der Waals surface area contributed by atoms with Crippen molar-refractivity contribution in [1.29, 1.82) is 0 Å². The molecular formula is C7H5BrClN3O2. The Balaban J connectivity index is 0.000000980. The molecule has 0 spiro atoms. The molecule has 0 unspecified atom stereocenters. The van der Waals surface area contributed by atoms with Gasteiger partial charge in [-0.2, -0.15) is 0 Å². The molecule has 0 aliphatic carbocycles. The van der Waals surface area contributed by atoms with Crippen LogP contribution in [-0.4, -0.2) is 25.4 Å². The number of aromatic nitrogens is 3. The highest BCUT2D eigenvalue weighted by molar-refractivity contribution is 9.10. The molecule has 0 bridgehead atoms. The van der Waals surface area contributed by atoms with Crippen LogP contribution >= 0.6 is 28.3 Å². The fourth-order valence-corrected chi connectivity index (χ4v) is 1.36. The molecule has 0 atom stereocenters. The molecule has 0 amide bonds. The van der Waals surface area contributed by atoms with Gasteiger partial charge in [0.25, 0.3) is 0 Å². The van der Waals surface area contributed by atoms with Gasteiger partial charge in [0, 0.05) is 6.20 Å². The minimum atomic E-state index is -1.05. The molecule has 2 aromatic heterocycles. The van der Waals surface area contributed by atoms with Crippen LogP contribution in [0, 0.1) is 0 Å². The van der Waals surface area contributed by atoms with Crippen molar-refractivity contribution in [2.45, 2.75) is 0 Å². The van der Waals surface area contributed by atoms with Crippen molar-refractivity contribution in [3.05, 3.63) is 28.9 Å². The van der Waals surface area contributed by atoms with Crippen molar-refractivity contribution < 1.29 is 9.90 Å². The molecule has 7 heteroatoms. The molecule has 5 nitrogen and oxygen atoms in total. The molecule has 2 heterocycles. The summed E-state index contributed by atoms with van der Waals surface area (Å²) in [7, 11) is 0. The number of halogens is 2. The molecule has 2 rings (SSSR count). The average Bonchev–Trinajstić information content (AvgIpc) is 2.47. The summed E-state index contributed by atoms with van der Waals surface area (Å²) in [5.41, 5.74) is 0.600. The molecule has 0 radical (unpaired) electrons. The molecule has 0 aliphatic rings. The predicted octanol–water partition coefficient (Wildman–Crippen LogP) is 1.61. The molecule has 0 saturated carbocycles. The maximum Gasteiger partial charge on any atom is 0.356 e. The van der Waals surface area contributed by atoms with Gasteiger partial charge in [-0.15, -0.1) is 12.4 Å². The molecule has 2 aromatic rings. The molecule has 0 fully saturated rings. The van der Waals surface area contributed by atoms with Crippen molar-refractivity contribution in [3.63, 3.8) is 0 Å². The summed E-state index contributed by atoms with van der Waals surface area (Å²) in [4.78, 5) is 18.3. The van der Waals surface area contributed by atoms with Crippen molar-refractivity contribution in [1.82, 2.24) is 14.4 Å². The van der Waals surface area contributed by atoms with Crippen LogP contribution < -0.4 is 0 Å². The van der Waals surface area contributed by atoms with E-state index in [2.05, 4.69) is 25.9 Å². The molecule has 1 N–H and O–H groups in total. The van der Waals surface area contributed by atoms with Crippen LogP contribution in [0.1, 0.15) is 10.5 Å². The third kappa shape index (κ3) is 1.71. The van der Waals surface area contributed by atoms with Crippen LogP contribution in [-0.2, 0) is 0 Å². The number of hydrogen-bond donors (Lipinski definition) is 1. The first-order valence-corrected chi connectivity index (χ1v) is 4.19. The summed E-state index contributed by atoms with van der Waals surface area (Å²) >= 11 is 3.23. The quantitative estimate of drug-likeness (QED) is 0.860. The first kappa shape index (κ1) is 10.9. The zero-order valence-corrected chi connectivity index (χ0v) is 9.12. The molecular weight excluding hydrogens is 273 g/mol. The van der Waals surface area contributed by atoms with Crippen molar-refractivity contribution in [2.24, 2.45) is 0 Å². The van der Waals surface area contributed by atoms with E-state index in [0.717, 1.165) is 0 Å². The summed E-state index contributed by atoms with van der Waals surface area (Å²) < 4.78 is 2.31. The summed E-state index contributed by atoms with van der Waals surface area (Å²) in [5, 5.41) is 8.66. The maximum absolute atomic E-state index is 10.6. The monoisotopic (exact) mass is 277 g/mol. The topological polar surface area (TPSA) is 67.5 Å². The second-order valence-corrected chi connectivity index (χ2v) is 3.20. The van der Waals surface area contributed by atoms with Crippen LogP contribution in [0.5, 0.6) is 0 Å². The fraction of sp³-hybridized carbons (Fsp3) is 0. The Morgan fingerprint density at radius 3 is 2.79 bits per heavy atom. The fourth-order valence-electron chi connectivity index (χ4n) is 0.970. The Hall–Kier alpha value is -1.14. The van der Waals surface area contributed by atoms with E-state index < -0.39 is 5.97 Å². The van der Waals surface area contributed by atoms with Crippen LogP contribution in [0.25, 0.3) is 5.65 Å². The van der Waals surface area contributed by atoms with Gasteiger partial charge in [-0.1, -0.05) is 0 Å². The van der Waals surface area contributed by atoms with E-state index in [4.69, 9.17) is 5.11 Å². The third-order valence-corrected chi connectivity index (χ3v) is 2.16. The van der Waals surface area contributed by atoms with Crippen LogP contribution in [0.4, 0.5) is 0 Å². The number of imidazole rings is 1. The summed E-state index contributed by atoms with van der Waals surface area (Å²) in [6.07, 6.45) is 4.41. The minimum absolute atomic E-state index is 0. The Labute approximate surface area is 93.3 Å². The Kier molecular flexibility index (Phi) is 3.07. The largest absolute Gasteiger partial charge is 0.476 e. The number of carboxylic acids is 1. The number of fused-ring (bicyclic) bond motifs is 1. The first-order chi connectivity index (χ1) is 6.18. The molecule has 74 valence electrons. The average molecular weight is 278 g/mol. The highest BCUT2D eigenvalue weighted by Crippen LogP contribution is 2.12. The van der Waals surface area contributed by atoms with Crippen molar-refractivity contribution in [2.75, 3.05) is 0 Å². The molecule has 0 saturated heterocycles. The van der Waals surface area contributed by atoms with Crippen LogP contribution in [0.3, 0.4) is 0 Å². The molecule has 14 heavy (non-hydrogen) atoms. The standard InChI is InChI=1S/C7H4BrN3O2.ClH/c8-5-1-10-6-2-9-4(7(12)13)3-11(5)6;/h1-3H,(H,12,13);1H. The van der Waals surface area contributed by atoms with Gasteiger partial charge in [-0.05, 0) is 15.9 Å². The van der Waals surface area contributed by atoms with E-state index in [0.29, 0.717) is 10.3 Å². The second kappa shape index (κ2) is 3.93.